The average Bonchev–Trinajstić information content (AvgIpc) is 3.65. The SMILES string of the molecule is CCCNc1cc2c(cc1F)C(c1c[nH]c3ccccc13)(c1c(-c3ccccc3)[nH]c3cc(Cl)c(Cl)cc13)OC2=O. The highest BCUT2D eigenvalue weighted by atomic mass is 35.5. The number of fused-ring (bicyclic) bond motifs is 3. The molecule has 4 aromatic carbocycles. The summed E-state index contributed by atoms with van der Waals surface area (Å²) in [6, 6.07) is 24.0. The summed E-state index contributed by atoms with van der Waals surface area (Å²) in [6.45, 7) is 2.56. The summed E-state index contributed by atoms with van der Waals surface area (Å²) in [5.41, 5.74) is 3.90. The molecule has 1 aliphatic heterocycles. The van der Waals surface area contributed by atoms with Crippen molar-refractivity contribution in [3.05, 3.63) is 123 Å². The Bertz CT molecular complexity index is 1980. The van der Waals surface area contributed by atoms with E-state index in [0.717, 1.165) is 22.9 Å². The molecule has 3 N–H and O–H groups in total. The molecule has 8 heteroatoms. The van der Waals surface area contributed by atoms with E-state index in [1.807, 2.05) is 67.7 Å². The monoisotopic (exact) mass is 583 g/mol. The number of carbonyl (C=O) groups excluding carboxylic acids is 1. The van der Waals surface area contributed by atoms with Crippen LogP contribution in [0.3, 0.4) is 0 Å². The summed E-state index contributed by atoms with van der Waals surface area (Å²) >= 11 is 13.0. The quantitative estimate of drug-likeness (QED) is 0.171. The number of rotatable bonds is 6. The second-order valence-electron chi connectivity index (χ2n) is 10.2. The van der Waals surface area contributed by atoms with E-state index < -0.39 is 17.4 Å². The number of ether oxygens (including phenoxy) is 1. The van der Waals surface area contributed by atoms with Crippen LogP contribution in [0, 0.1) is 5.82 Å². The summed E-state index contributed by atoms with van der Waals surface area (Å²) in [5, 5.41) is 5.38. The molecular weight excluding hydrogens is 560 g/mol. The molecule has 204 valence electrons. The molecule has 0 fully saturated rings. The Morgan fingerprint density at radius 2 is 1.66 bits per heavy atom. The first kappa shape index (κ1) is 25.7. The van der Waals surface area contributed by atoms with E-state index >= 15 is 4.39 Å². The molecule has 0 spiro atoms. The maximum atomic E-state index is 15.8. The van der Waals surface area contributed by atoms with Crippen molar-refractivity contribution in [1.82, 2.24) is 9.97 Å². The Morgan fingerprint density at radius 3 is 2.46 bits per heavy atom. The molecule has 41 heavy (non-hydrogen) atoms. The second kappa shape index (κ2) is 9.68. The molecule has 0 saturated carbocycles. The minimum Gasteiger partial charge on any atom is -0.440 e. The van der Waals surface area contributed by atoms with Crippen molar-refractivity contribution in [3.8, 4) is 11.3 Å². The van der Waals surface area contributed by atoms with Crippen molar-refractivity contribution in [2.24, 2.45) is 0 Å². The van der Waals surface area contributed by atoms with Gasteiger partial charge >= 0.3 is 5.97 Å². The average molecular weight is 584 g/mol. The smallest absolute Gasteiger partial charge is 0.340 e. The number of para-hydroxylation sites is 1. The number of halogens is 3. The molecule has 1 unspecified atom stereocenters. The molecule has 5 nitrogen and oxygen atoms in total. The third-order valence-corrected chi connectivity index (χ3v) is 8.46. The summed E-state index contributed by atoms with van der Waals surface area (Å²) in [7, 11) is 0. The maximum absolute atomic E-state index is 15.8. The van der Waals surface area contributed by atoms with Gasteiger partial charge in [0.15, 0.2) is 5.60 Å². The molecule has 0 radical (unpaired) electrons. The van der Waals surface area contributed by atoms with Crippen LogP contribution in [0.15, 0.2) is 85.1 Å². The number of carbonyl (C=O) groups is 1. The van der Waals surface area contributed by atoms with Crippen LogP contribution in [0.1, 0.15) is 40.4 Å². The molecule has 0 aliphatic carbocycles. The van der Waals surface area contributed by atoms with E-state index in [-0.39, 0.29) is 5.69 Å². The van der Waals surface area contributed by atoms with Gasteiger partial charge in [0.05, 0.1) is 27.0 Å². The van der Waals surface area contributed by atoms with Crippen molar-refractivity contribution in [2.45, 2.75) is 18.9 Å². The van der Waals surface area contributed by atoms with E-state index in [2.05, 4.69) is 15.3 Å². The van der Waals surface area contributed by atoms with Gasteiger partial charge in [-0.15, -0.1) is 0 Å². The third-order valence-electron chi connectivity index (χ3n) is 7.74. The lowest BCUT2D eigenvalue weighted by Gasteiger charge is -2.30. The number of nitrogens with one attached hydrogen (secondary N) is 3. The lowest BCUT2D eigenvalue weighted by molar-refractivity contribution is 0.0261. The van der Waals surface area contributed by atoms with Gasteiger partial charge in [-0.3, -0.25) is 0 Å². The van der Waals surface area contributed by atoms with E-state index in [1.54, 1.807) is 18.2 Å². The van der Waals surface area contributed by atoms with Gasteiger partial charge in [0.2, 0.25) is 0 Å². The predicted octanol–water partition coefficient (Wildman–Crippen LogP) is 9.05. The Balaban J connectivity index is 1.64. The number of hydrogen-bond donors (Lipinski definition) is 3. The summed E-state index contributed by atoms with van der Waals surface area (Å²) in [6.07, 6.45) is 2.64. The van der Waals surface area contributed by atoms with Gasteiger partial charge in [0, 0.05) is 51.2 Å². The first-order chi connectivity index (χ1) is 19.9. The Morgan fingerprint density at radius 1 is 0.902 bits per heavy atom. The van der Waals surface area contributed by atoms with Gasteiger partial charge in [-0.05, 0) is 42.3 Å². The Labute approximate surface area is 245 Å². The number of benzene rings is 4. The van der Waals surface area contributed by atoms with E-state index in [4.69, 9.17) is 27.9 Å². The van der Waals surface area contributed by atoms with Gasteiger partial charge in [0.1, 0.15) is 5.82 Å². The fraction of sp³-hybridized carbons (Fsp3) is 0.121. The molecule has 6 aromatic rings. The van der Waals surface area contributed by atoms with Crippen molar-refractivity contribution in [3.63, 3.8) is 0 Å². The second-order valence-corrected chi connectivity index (χ2v) is 11.0. The highest BCUT2D eigenvalue weighted by molar-refractivity contribution is 6.42. The van der Waals surface area contributed by atoms with Crippen molar-refractivity contribution in [1.29, 1.82) is 0 Å². The fourth-order valence-corrected chi connectivity index (χ4v) is 6.26. The summed E-state index contributed by atoms with van der Waals surface area (Å²) < 4.78 is 22.3. The molecule has 0 amide bonds. The Hall–Kier alpha value is -4.26. The van der Waals surface area contributed by atoms with E-state index in [9.17, 15) is 4.79 Å². The van der Waals surface area contributed by atoms with Crippen LogP contribution in [-0.4, -0.2) is 22.5 Å². The van der Waals surface area contributed by atoms with Crippen LogP contribution in [0.4, 0.5) is 10.1 Å². The molecular formula is C33H24Cl2FN3O2. The summed E-state index contributed by atoms with van der Waals surface area (Å²) in [5.74, 6) is -1.01. The van der Waals surface area contributed by atoms with Crippen LogP contribution >= 0.6 is 23.2 Å². The van der Waals surface area contributed by atoms with Gasteiger partial charge in [-0.2, -0.15) is 0 Å². The highest BCUT2D eigenvalue weighted by Crippen LogP contribution is 2.54. The topological polar surface area (TPSA) is 69.9 Å². The molecule has 2 aromatic heterocycles. The maximum Gasteiger partial charge on any atom is 0.340 e. The number of cyclic esters (lactones) is 1. The number of H-pyrrole nitrogens is 2. The first-order valence-corrected chi connectivity index (χ1v) is 14.1. The van der Waals surface area contributed by atoms with E-state index in [0.29, 0.717) is 55.4 Å². The van der Waals surface area contributed by atoms with Crippen molar-refractivity contribution in [2.75, 3.05) is 11.9 Å². The lowest BCUT2D eigenvalue weighted by atomic mass is 9.77. The zero-order valence-corrected chi connectivity index (χ0v) is 23.5. The van der Waals surface area contributed by atoms with Crippen LogP contribution in [0.5, 0.6) is 0 Å². The van der Waals surface area contributed by atoms with Gasteiger partial charge in [-0.1, -0.05) is 78.7 Å². The van der Waals surface area contributed by atoms with Crippen LogP contribution in [-0.2, 0) is 10.3 Å². The predicted molar refractivity (Wildman–Crippen MR) is 163 cm³/mol. The largest absolute Gasteiger partial charge is 0.440 e. The Kier molecular flexibility index (Phi) is 6.07. The van der Waals surface area contributed by atoms with Crippen LogP contribution in [0.25, 0.3) is 33.1 Å². The number of anilines is 1. The minimum atomic E-state index is -1.52. The van der Waals surface area contributed by atoms with Crippen LogP contribution < -0.4 is 5.32 Å². The van der Waals surface area contributed by atoms with Crippen LogP contribution in [0.2, 0.25) is 10.0 Å². The highest BCUT2D eigenvalue weighted by Gasteiger charge is 2.53. The first-order valence-electron chi connectivity index (χ1n) is 13.4. The standard InChI is InChI=1S/C33H24Cl2FN3O2/c1-2-12-37-29-14-20-22(15-26(29)36)33(41-32(20)40,23-17-38-27-11-7-6-10-19(23)27)30-21-13-24(34)25(35)16-28(21)39-31(30)18-8-4-3-5-9-18/h3-11,13-17,37-39H,2,12H2,1H3. The van der Waals surface area contributed by atoms with Gasteiger partial charge in [-0.25, -0.2) is 9.18 Å². The molecule has 0 bridgehead atoms. The number of aromatic amines is 2. The van der Waals surface area contributed by atoms with Crippen molar-refractivity contribution >= 4 is 56.7 Å². The summed E-state index contributed by atoms with van der Waals surface area (Å²) in [4.78, 5) is 20.6. The number of aromatic nitrogens is 2. The minimum absolute atomic E-state index is 0.259. The van der Waals surface area contributed by atoms with Crippen molar-refractivity contribution < 1.29 is 13.9 Å². The zero-order chi connectivity index (χ0) is 28.3. The molecule has 1 aliphatic rings. The normalized spacial score (nSPS) is 16.3. The molecule has 1 atom stereocenters. The van der Waals surface area contributed by atoms with E-state index in [1.165, 1.54) is 6.07 Å². The van der Waals surface area contributed by atoms with Gasteiger partial charge < -0.3 is 20.0 Å². The van der Waals surface area contributed by atoms with Gasteiger partial charge in [0.25, 0.3) is 0 Å². The molecule has 3 heterocycles. The fourth-order valence-electron chi connectivity index (χ4n) is 5.94. The lowest BCUT2D eigenvalue weighted by Crippen LogP contribution is -2.30. The molecule has 0 saturated heterocycles. The molecule has 7 rings (SSSR count). The number of esters is 1. The zero-order valence-electron chi connectivity index (χ0n) is 21.9. The third kappa shape index (κ3) is 3.85. The number of hydrogen-bond acceptors (Lipinski definition) is 3.